The van der Waals surface area contributed by atoms with Crippen molar-refractivity contribution in [1.82, 2.24) is 5.43 Å². The number of carbonyl (C=O) groups excluding carboxylic acids is 1. The molecule has 0 heterocycles. The van der Waals surface area contributed by atoms with Gasteiger partial charge in [0.1, 0.15) is 5.60 Å². The lowest BCUT2D eigenvalue weighted by atomic mass is 10.2. The largest absolute Gasteiger partial charge is 0.443 e. The molecule has 0 bridgehead atoms. The molecule has 5 heteroatoms. The van der Waals surface area contributed by atoms with E-state index in [2.05, 4.69) is 10.5 Å². The third-order valence-electron chi connectivity index (χ3n) is 0.751. The fourth-order valence-corrected chi connectivity index (χ4v) is 0.452. The molecular weight excluding hydrogens is 158 g/mol. The first-order chi connectivity index (χ1) is 5.45. The maximum absolute atomic E-state index is 10.8. The van der Waals surface area contributed by atoms with E-state index in [1.165, 1.54) is 6.21 Å². The number of nitrogens with two attached hydrogens (primary N) is 1. The zero-order valence-corrected chi connectivity index (χ0v) is 7.63. The maximum Gasteiger partial charge on any atom is 0.428 e. The second-order valence-electron chi connectivity index (χ2n) is 3.16. The molecule has 0 aromatic heterocycles. The van der Waals surface area contributed by atoms with Gasteiger partial charge in [-0.3, -0.25) is 0 Å². The van der Waals surface area contributed by atoms with Crippen molar-refractivity contribution in [3.63, 3.8) is 0 Å². The van der Waals surface area contributed by atoms with Gasteiger partial charge >= 0.3 is 6.09 Å². The third kappa shape index (κ3) is 7.01. The second kappa shape index (κ2) is 4.71. The Kier molecular flexibility index (Phi) is 4.28. The van der Waals surface area contributed by atoms with Crippen LogP contribution in [0.5, 0.6) is 0 Å². The molecule has 70 valence electrons. The number of hydrazone groups is 1. The summed E-state index contributed by atoms with van der Waals surface area (Å²) in [4.78, 5) is 10.8. The van der Waals surface area contributed by atoms with Gasteiger partial charge in [0.15, 0.2) is 0 Å². The molecule has 5 nitrogen and oxygen atoms in total. The van der Waals surface area contributed by atoms with Crippen LogP contribution < -0.4 is 11.2 Å². The van der Waals surface area contributed by atoms with Gasteiger partial charge < -0.3 is 10.5 Å². The van der Waals surface area contributed by atoms with E-state index in [1.807, 2.05) is 0 Å². The average Bonchev–Trinajstić information content (AvgIpc) is 1.84. The summed E-state index contributed by atoms with van der Waals surface area (Å²) in [6, 6.07) is 0. The smallest absolute Gasteiger partial charge is 0.428 e. The Balaban J connectivity index is 3.68. The molecule has 0 spiro atoms. The summed E-state index contributed by atoms with van der Waals surface area (Å²) in [7, 11) is 0. The van der Waals surface area contributed by atoms with Crippen LogP contribution in [0.4, 0.5) is 4.79 Å². The predicted octanol–water partition coefficient (Wildman–Crippen LogP) is 0.456. The average molecular weight is 173 g/mol. The van der Waals surface area contributed by atoms with Crippen molar-refractivity contribution in [2.24, 2.45) is 10.8 Å². The minimum Gasteiger partial charge on any atom is -0.443 e. The topological polar surface area (TPSA) is 76.7 Å². The van der Waals surface area contributed by atoms with Crippen LogP contribution in [0.25, 0.3) is 0 Å². The van der Waals surface area contributed by atoms with Gasteiger partial charge in [0.25, 0.3) is 0 Å². The van der Waals surface area contributed by atoms with Gasteiger partial charge in [0, 0.05) is 12.8 Å². The van der Waals surface area contributed by atoms with E-state index in [0.29, 0.717) is 0 Å². The molecule has 0 atom stereocenters. The van der Waals surface area contributed by atoms with Gasteiger partial charge in [0.05, 0.1) is 0 Å². The van der Waals surface area contributed by atoms with Crippen LogP contribution in [-0.2, 0) is 4.74 Å². The van der Waals surface area contributed by atoms with E-state index in [0.717, 1.165) is 0 Å². The van der Waals surface area contributed by atoms with Crippen LogP contribution in [-0.4, -0.2) is 24.5 Å². The SMILES string of the molecule is CC(C)(C)OC(=O)NN=CCN. The van der Waals surface area contributed by atoms with Crippen LogP contribution >= 0.6 is 0 Å². The zero-order chi connectivity index (χ0) is 9.61. The molecule has 0 radical (unpaired) electrons. The van der Waals surface area contributed by atoms with Crippen LogP contribution in [0.15, 0.2) is 5.10 Å². The standard InChI is InChI=1S/C7H15N3O2/c1-7(2,3)12-6(11)10-9-5-4-8/h5H,4,8H2,1-3H3,(H,10,11). The molecule has 0 aliphatic carbocycles. The zero-order valence-electron chi connectivity index (χ0n) is 7.63. The highest BCUT2D eigenvalue weighted by Crippen LogP contribution is 2.05. The van der Waals surface area contributed by atoms with E-state index in [-0.39, 0.29) is 6.54 Å². The summed E-state index contributed by atoms with van der Waals surface area (Å²) in [5.41, 5.74) is 6.77. The van der Waals surface area contributed by atoms with Crippen molar-refractivity contribution in [3.8, 4) is 0 Å². The normalized spacial score (nSPS) is 11.7. The summed E-state index contributed by atoms with van der Waals surface area (Å²) in [5, 5.41) is 3.50. The molecule has 0 saturated carbocycles. The number of nitrogens with one attached hydrogen (secondary N) is 1. The quantitative estimate of drug-likeness (QED) is 0.470. The lowest BCUT2D eigenvalue weighted by Gasteiger charge is -2.18. The number of amides is 1. The Labute approximate surface area is 72.0 Å². The van der Waals surface area contributed by atoms with Crippen LogP contribution in [0.3, 0.4) is 0 Å². The predicted molar refractivity (Wildman–Crippen MR) is 46.9 cm³/mol. The van der Waals surface area contributed by atoms with Gasteiger partial charge in [0.2, 0.25) is 0 Å². The molecule has 0 aromatic rings. The second-order valence-corrected chi connectivity index (χ2v) is 3.16. The van der Waals surface area contributed by atoms with Gasteiger partial charge in [-0.15, -0.1) is 0 Å². The van der Waals surface area contributed by atoms with Crippen molar-refractivity contribution in [2.45, 2.75) is 26.4 Å². The molecule has 0 saturated heterocycles. The highest BCUT2D eigenvalue weighted by Gasteiger charge is 2.14. The van der Waals surface area contributed by atoms with Crippen molar-refractivity contribution in [1.29, 1.82) is 0 Å². The van der Waals surface area contributed by atoms with Gasteiger partial charge in [-0.25, -0.2) is 10.2 Å². The monoisotopic (exact) mass is 173 g/mol. The number of rotatable bonds is 2. The van der Waals surface area contributed by atoms with Gasteiger partial charge in [-0.05, 0) is 20.8 Å². The Hall–Kier alpha value is -1.10. The van der Waals surface area contributed by atoms with Gasteiger partial charge in [-0.1, -0.05) is 0 Å². The first-order valence-corrected chi connectivity index (χ1v) is 3.66. The Morgan fingerprint density at radius 3 is 2.67 bits per heavy atom. The summed E-state index contributed by atoms with van der Waals surface area (Å²) >= 11 is 0. The molecule has 0 aliphatic heterocycles. The fraction of sp³-hybridized carbons (Fsp3) is 0.714. The summed E-state index contributed by atoms with van der Waals surface area (Å²) in [6.45, 7) is 5.62. The number of carbonyl (C=O) groups is 1. The summed E-state index contributed by atoms with van der Waals surface area (Å²) in [5.74, 6) is 0. The molecule has 0 fully saturated rings. The molecule has 3 N–H and O–H groups in total. The lowest BCUT2D eigenvalue weighted by Crippen LogP contribution is -2.30. The Morgan fingerprint density at radius 2 is 2.25 bits per heavy atom. The number of hydrogen-bond acceptors (Lipinski definition) is 4. The number of nitrogens with zero attached hydrogens (tertiary/aromatic N) is 1. The van der Waals surface area contributed by atoms with Crippen LogP contribution in [0, 0.1) is 0 Å². The summed E-state index contributed by atoms with van der Waals surface area (Å²) in [6.07, 6.45) is 0.802. The van der Waals surface area contributed by atoms with E-state index >= 15 is 0 Å². The molecule has 0 aromatic carbocycles. The van der Waals surface area contributed by atoms with Gasteiger partial charge in [-0.2, -0.15) is 5.10 Å². The number of ether oxygens (including phenoxy) is 1. The first kappa shape index (κ1) is 10.9. The maximum atomic E-state index is 10.8. The van der Waals surface area contributed by atoms with E-state index < -0.39 is 11.7 Å². The molecular formula is C7H15N3O2. The molecule has 0 rings (SSSR count). The number of hydrogen-bond donors (Lipinski definition) is 2. The van der Waals surface area contributed by atoms with E-state index in [4.69, 9.17) is 10.5 Å². The van der Waals surface area contributed by atoms with Crippen LogP contribution in [0.1, 0.15) is 20.8 Å². The molecule has 1 amide bonds. The Morgan fingerprint density at radius 1 is 1.67 bits per heavy atom. The minimum atomic E-state index is -0.577. The van der Waals surface area contributed by atoms with Crippen molar-refractivity contribution in [3.05, 3.63) is 0 Å². The van der Waals surface area contributed by atoms with Crippen LogP contribution in [0.2, 0.25) is 0 Å². The van der Waals surface area contributed by atoms with Crippen molar-refractivity contribution >= 4 is 12.3 Å². The molecule has 0 unspecified atom stereocenters. The Bertz CT molecular complexity index is 172. The lowest BCUT2D eigenvalue weighted by molar-refractivity contribution is 0.0529. The third-order valence-corrected chi connectivity index (χ3v) is 0.751. The summed E-state index contributed by atoms with van der Waals surface area (Å²) < 4.78 is 4.88. The van der Waals surface area contributed by atoms with E-state index in [1.54, 1.807) is 20.8 Å². The highest BCUT2D eigenvalue weighted by molar-refractivity contribution is 5.69. The molecule has 12 heavy (non-hydrogen) atoms. The first-order valence-electron chi connectivity index (χ1n) is 3.66. The van der Waals surface area contributed by atoms with Crippen molar-refractivity contribution in [2.75, 3.05) is 6.54 Å². The highest BCUT2D eigenvalue weighted by atomic mass is 16.6. The fourth-order valence-electron chi connectivity index (χ4n) is 0.452. The van der Waals surface area contributed by atoms with E-state index in [9.17, 15) is 4.79 Å². The molecule has 0 aliphatic rings. The van der Waals surface area contributed by atoms with Crippen molar-refractivity contribution < 1.29 is 9.53 Å². The minimum absolute atomic E-state index is 0.287.